The fourth-order valence-corrected chi connectivity index (χ4v) is 10.0. The number of hydrogen-bond acceptors (Lipinski definition) is 2. The number of aromatic nitrogens is 4. The van der Waals surface area contributed by atoms with Crippen LogP contribution in [-0.2, 0) is 0 Å². The molecule has 0 saturated heterocycles. The number of fused-ring (bicyclic) bond motifs is 9. The van der Waals surface area contributed by atoms with Crippen LogP contribution in [0.25, 0.3) is 93.7 Å². The number of para-hydroxylation sites is 4. The van der Waals surface area contributed by atoms with Crippen LogP contribution in [0.5, 0.6) is 0 Å². The second kappa shape index (κ2) is 14.5. The van der Waals surface area contributed by atoms with E-state index in [-0.39, 0.29) is 0 Å². The molecule has 0 aliphatic rings. The van der Waals surface area contributed by atoms with Crippen molar-refractivity contribution in [3.05, 3.63) is 237 Å². The van der Waals surface area contributed by atoms with Crippen LogP contribution in [0, 0.1) is 0 Å². The summed E-state index contributed by atoms with van der Waals surface area (Å²) in [5, 5.41) is 7.22. The largest absolute Gasteiger partial charge is 0.310 e. The highest BCUT2D eigenvalue weighted by Gasteiger charge is 2.25. The van der Waals surface area contributed by atoms with Gasteiger partial charge in [0.15, 0.2) is 0 Å². The molecule has 13 aromatic rings. The van der Waals surface area contributed by atoms with Gasteiger partial charge in [0, 0.05) is 67.4 Å². The van der Waals surface area contributed by atoms with Crippen molar-refractivity contribution in [2.45, 2.75) is 0 Å². The minimum Gasteiger partial charge on any atom is -0.310 e. The van der Waals surface area contributed by atoms with Crippen molar-refractivity contribution in [1.82, 2.24) is 18.7 Å². The Bertz CT molecular complexity index is 3790. The molecule has 0 N–H and O–H groups in total. The van der Waals surface area contributed by atoms with Crippen LogP contribution < -0.4 is 4.90 Å². The molecule has 0 aliphatic heterocycles. The minimum absolute atomic E-state index is 0.951. The molecule has 300 valence electrons. The van der Waals surface area contributed by atoms with Crippen LogP contribution in [0.2, 0.25) is 0 Å². The summed E-state index contributed by atoms with van der Waals surface area (Å²) in [6.07, 6.45) is 1.86. The summed E-state index contributed by atoms with van der Waals surface area (Å²) in [5.74, 6) is 0. The molecule has 0 saturated carbocycles. The third-order valence-electron chi connectivity index (χ3n) is 12.8. The SMILES string of the molecule is c1ccc(N(c2ccccc2)c2ccc3c(c2)c2c(c4cc(-n5c6ccccc6c6ccccc65)ccc4n2-c2ccc4ccccc4c2)n3-c2ccc(-c3ccccn3)cc2)cc1. The van der Waals surface area contributed by atoms with Gasteiger partial charge in [-0.15, -0.1) is 0 Å². The number of hydrogen-bond donors (Lipinski definition) is 0. The Labute approximate surface area is 369 Å². The zero-order valence-corrected chi connectivity index (χ0v) is 34.8. The van der Waals surface area contributed by atoms with Gasteiger partial charge in [-0.25, -0.2) is 0 Å². The molecule has 0 aliphatic carbocycles. The lowest BCUT2D eigenvalue weighted by atomic mass is 10.1. The van der Waals surface area contributed by atoms with E-state index >= 15 is 0 Å². The molecule has 0 unspecified atom stereocenters. The molecule has 4 heterocycles. The predicted octanol–water partition coefficient (Wildman–Crippen LogP) is 15.5. The van der Waals surface area contributed by atoms with E-state index in [0.29, 0.717) is 0 Å². The summed E-state index contributed by atoms with van der Waals surface area (Å²) in [4.78, 5) is 7.03. The standard InChI is InChI=1S/C59H39N5/c1-3-17-43(18-4-1)61(44-19-5-2-6-20-44)47-32-34-56-51(38-47)59-58(63(56)45-29-27-41(28-30-45)53-23-13-14-36-60-53)52-39-48(62-54-24-11-9-21-49(54)50-22-10-12-25-55(50)62)33-35-57(52)64(59)46-31-26-40-15-7-8-16-42(40)37-46/h1-39H. The molecule has 0 atom stereocenters. The van der Waals surface area contributed by atoms with E-state index < -0.39 is 0 Å². The van der Waals surface area contributed by atoms with Gasteiger partial charge in [-0.2, -0.15) is 0 Å². The quantitative estimate of drug-likeness (QED) is 0.160. The number of rotatable bonds is 7. The predicted molar refractivity (Wildman–Crippen MR) is 267 cm³/mol. The molecule has 0 spiro atoms. The van der Waals surface area contributed by atoms with Gasteiger partial charge in [0.2, 0.25) is 0 Å². The first-order chi connectivity index (χ1) is 31.8. The molecule has 13 rings (SSSR count). The third kappa shape index (κ3) is 5.61. The van der Waals surface area contributed by atoms with Gasteiger partial charge < -0.3 is 18.6 Å². The highest BCUT2D eigenvalue weighted by molar-refractivity contribution is 6.21. The van der Waals surface area contributed by atoms with Crippen molar-refractivity contribution in [2.75, 3.05) is 4.90 Å². The maximum absolute atomic E-state index is 4.68. The molecule has 0 fully saturated rings. The molecule has 9 aromatic carbocycles. The Morgan fingerprint density at radius 1 is 0.312 bits per heavy atom. The van der Waals surface area contributed by atoms with E-state index in [0.717, 1.165) is 78.2 Å². The van der Waals surface area contributed by atoms with Gasteiger partial charge in [0.05, 0.1) is 38.8 Å². The maximum atomic E-state index is 4.68. The molecule has 0 radical (unpaired) electrons. The summed E-state index contributed by atoms with van der Waals surface area (Å²) in [6, 6.07) is 83.3. The van der Waals surface area contributed by atoms with Gasteiger partial charge in [0.1, 0.15) is 0 Å². The highest BCUT2D eigenvalue weighted by Crippen LogP contribution is 2.45. The first-order valence-corrected chi connectivity index (χ1v) is 21.8. The van der Waals surface area contributed by atoms with Crippen LogP contribution >= 0.6 is 0 Å². The van der Waals surface area contributed by atoms with Crippen molar-refractivity contribution < 1.29 is 0 Å². The van der Waals surface area contributed by atoms with E-state index in [2.05, 4.69) is 242 Å². The Hall–Kier alpha value is -8.67. The van der Waals surface area contributed by atoms with E-state index in [9.17, 15) is 0 Å². The summed E-state index contributed by atoms with van der Waals surface area (Å²) >= 11 is 0. The minimum atomic E-state index is 0.951. The first kappa shape index (κ1) is 36.0. The van der Waals surface area contributed by atoms with Crippen molar-refractivity contribution in [1.29, 1.82) is 0 Å². The van der Waals surface area contributed by atoms with Crippen LogP contribution in [0.1, 0.15) is 0 Å². The Balaban J connectivity index is 1.16. The monoisotopic (exact) mass is 817 g/mol. The highest BCUT2D eigenvalue weighted by atomic mass is 15.1. The number of nitrogens with zero attached hydrogens (tertiary/aromatic N) is 5. The molecular weight excluding hydrogens is 779 g/mol. The van der Waals surface area contributed by atoms with Gasteiger partial charge in [0.25, 0.3) is 0 Å². The summed E-state index contributed by atoms with van der Waals surface area (Å²) in [7, 11) is 0. The second-order valence-corrected chi connectivity index (χ2v) is 16.4. The van der Waals surface area contributed by atoms with E-state index in [1.54, 1.807) is 0 Å². The van der Waals surface area contributed by atoms with Gasteiger partial charge in [-0.1, -0.05) is 121 Å². The van der Waals surface area contributed by atoms with Crippen molar-refractivity contribution >= 4 is 82.5 Å². The fraction of sp³-hybridized carbons (Fsp3) is 0. The zero-order chi connectivity index (χ0) is 42.1. The average molecular weight is 818 g/mol. The Kier molecular flexibility index (Phi) is 8.15. The van der Waals surface area contributed by atoms with Gasteiger partial charge in [-0.05, 0) is 120 Å². The lowest BCUT2D eigenvalue weighted by molar-refractivity contribution is 1.17. The molecule has 64 heavy (non-hydrogen) atoms. The third-order valence-corrected chi connectivity index (χ3v) is 12.8. The van der Waals surface area contributed by atoms with Crippen LogP contribution in [-0.4, -0.2) is 18.7 Å². The number of benzene rings is 9. The maximum Gasteiger partial charge on any atom is 0.0804 e. The normalized spacial score (nSPS) is 11.8. The number of pyridine rings is 1. The van der Waals surface area contributed by atoms with E-state index in [1.807, 2.05) is 18.3 Å². The molecular formula is C59H39N5. The zero-order valence-electron chi connectivity index (χ0n) is 34.8. The summed E-state index contributed by atoms with van der Waals surface area (Å²) in [5.41, 5.74) is 15.5. The topological polar surface area (TPSA) is 30.9 Å². The summed E-state index contributed by atoms with van der Waals surface area (Å²) in [6.45, 7) is 0. The molecule has 0 amide bonds. The average Bonchev–Trinajstić information content (AvgIpc) is 4.00. The molecule has 5 heteroatoms. The summed E-state index contributed by atoms with van der Waals surface area (Å²) < 4.78 is 7.39. The van der Waals surface area contributed by atoms with E-state index in [4.69, 9.17) is 0 Å². The van der Waals surface area contributed by atoms with Gasteiger partial charge in [-0.3, -0.25) is 4.98 Å². The Morgan fingerprint density at radius 2 is 0.828 bits per heavy atom. The van der Waals surface area contributed by atoms with Crippen molar-refractivity contribution in [3.63, 3.8) is 0 Å². The van der Waals surface area contributed by atoms with Crippen LogP contribution in [0.4, 0.5) is 17.1 Å². The van der Waals surface area contributed by atoms with E-state index in [1.165, 1.54) is 32.6 Å². The molecule has 5 nitrogen and oxygen atoms in total. The van der Waals surface area contributed by atoms with Crippen LogP contribution in [0.15, 0.2) is 237 Å². The fourth-order valence-electron chi connectivity index (χ4n) is 10.0. The molecule has 4 aromatic heterocycles. The van der Waals surface area contributed by atoms with Crippen molar-refractivity contribution in [2.24, 2.45) is 0 Å². The molecule has 0 bridgehead atoms. The smallest absolute Gasteiger partial charge is 0.0804 e. The van der Waals surface area contributed by atoms with Gasteiger partial charge >= 0.3 is 0 Å². The second-order valence-electron chi connectivity index (χ2n) is 16.4. The Morgan fingerprint density at radius 3 is 1.50 bits per heavy atom. The lowest BCUT2D eigenvalue weighted by Crippen LogP contribution is -2.09. The lowest BCUT2D eigenvalue weighted by Gasteiger charge is -2.25. The van der Waals surface area contributed by atoms with Crippen molar-refractivity contribution in [3.8, 4) is 28.3 Å². The first-order valence-electron chi connectivity index (χ1n) is 21.8. The van der Waals surface area contributed by atoms with Crippen LogP contribution in [0.3, 0.4) is 0 Å². The number of anilines is 3.